The topological polar surface area (TPSA) is 42.9 Å². The average molecular weight is 286 g/mol. The number of carbonyl (C=O) groups is 1. The minimum Gasteiger partial charge on any atom is -0.293 e. The highest BCUT2D eigenvalue weighted by Crippen LogP contribution is 2.25. The summed E-state index contributed by atoms with van der Waals surface area (Å²) in [5, 5.41) is 4.08. The van der Waals surface area contributed by atoms with Crippen molar-refractivity contribution >= 4 is 17.3 Å². The molecule has 0 amide bonds. The number of hydrogen-bond donors (Lipinski definition) is 0. The van der Waals surface area contributed by atoms with Gasteiger partial charge in [-0.1, -0.05) is 36.5 Å². The molecule has 0 N–H and O–H groups in total. The van der Waals surface area contributed by atoms with Gasteiger partial charge in [-0.2, -0.15) is 0 Å². The zero-order chi connectivity index (χ0) is 14.1. The maximum absolute atomic E-state index is 12.4. The quantitative estimate of drug-likeness (QED) is 0.807. The molecule has 1 aromatic heterocycles. The van der Waals surface area contributed by atoms with Crippen molar-refractivity contribution in [1.82, 2.24) is 9.59 Å². The van der Waals surface area contributed by atoms with Crippen LogP contribution >= 0.6 is 11.5 Å². The lowest BCUT2D eigenvalue weighted by Crippen LogP contribution is -2.06. The van der Waals surface area contributed by atoms with Crippen molar-refractivity contribution in [3.05, 3.63) is 45.5 Å². The number of hydrogen-bond acceptors (Lipinski definition) is 4. The molecule has 1 aliphatic carbocycles. The molecule has 1 heterocycles. The molecule has 1 aliphatic rings. The molecule has 4 heteroatoms. The molecule has 0 fully saturated rings. The number of aromatic nitrogens is 2. The van der Waals surface area contributed by atoms with Crippen LogP contribution in [0.5, 0.6) is 0 Å². The van der Waals surface area contributed by atoms with Crippen LogP contribution in [0.15, 0.2) is 18.2 Å². The van der Waals surface area contributed by atoms with E-state index in [0.29, 0.717) is 6.42 Å². The summed E-state index contributed by atoms with van der Waals surface area (Å²) in [5.41, 5.74) is 4.81. The average Bonchev–Trinajstić information content (AvgIpc) is 3.06. The Morgan fingerprint density at radius 3 is 2.90 bits per heavy atom. The molecule has 0 unspecified atom stereocenters. The number of carbonyl (C=O) groups excluding carboxylic acids is 1. The first-order valence-corrected chi connectivity index (χ1v) is 7.88. The van der Waals surface area contributed by atoms with Crippen LogP contribution in [0.25, 0.3) is 0 Å². The van der Waals surface area contributed by atoms with E-state index in [1.807, 2.05) is 13.8 Å². The summed E-state index contributed by atoms with van der Waals surface area (Å²) in [6.07, 6.45) is 4.02. The number of benzene rings is 1. The standard InChI is InChI=1S/C16H18N2OS/c1-10(2)15-16(20-18-17-15)14(19)9-11-6-7-12-4-3-5-13(12)8-11/h6-8,10H,3-5,9H2,1-2H3. The largest absolute Gasteiger partial charge is 0.293 e. The SMILES string of the molecule is CC(C)c1nnsc1C(=O)Cc1ccc2c(c1)CCC2. The molecule has 0 atom stereocenters. The van der Waals surface area contributed by atoms with Gasteiger partial charge in [-0.3, -0.25) is 4.79 Å². The summed E-state index contributed by atoms with van der Waals surface area (Å²) in [5.74, 6) is 0.384. The number of Topliss-reactive ketones (excluding diaryl/α,β-unsaturated/α-hetero) is 1. The molecule has 2 aromatic rings. The van der Waals surface area contributed by atoms with Crippen molar-refractivity contribution in [2.75, 3.05) is 0 Å². The molecule has 1 aromatic carbocycles. The second kappa shape index (κ2) is 5.44. The van der Waals surface area contributed by atoms with Crippen molar-refractivity contribution in [3.8, 4) is 0 Å². The van der Waals surface area contributed by atoms with E-state index in [1.54, 1.807) is 0 Å². The Bertz CT molecular complexity index is 646. The Morgan fingerprint density at radius 2 is 2.10 bits per heavy atom. The first-order valence-electron chi connectivity index (χ1n) is 7.11. The maximum Gasteiger partial charge on any atom is 0.180 e. The van der Waals surface area contributed by atoms with Gasteiger partial charge in [-0.15, -0.1) is 5.10 Å². The molecule has 0 radical (unpaired) electrons. The van der Waals surface area contributed by atoms with Gasteiger partial charge >= 0.3 is 0 Å². The zero-order valence-electron chi connectivity index (χ0n) is 11.8. The van der Waals surface area contributed by atoms with Crippen molar-refractivity contribution in [2.45, 2.75) is 45.4 Å². The van der Waals surface area contributed by atoms with Crippen LogP contribution in [0.3, 0.4) is 0 Å². The number of ketones is 1. The number of fused-ring (bicyclic) bond motifs is 1. The Balaban J connectivity index is 1.80. The summed E-state index contributed by atoms with van der Waals surface area (Å²) < 4.78 is 3.93. The number of nitrogens with zero attached hydrogens (tertiary/aromatic N) is 2. The molecule has 0 aliphatic heterocycles. The molecular formula is C16H18N2OS. The summed E-state index contributed by atoms with van der Waals surface area (Å²) in [6, 6.07) is 6.47. The van der Waals surface area contributed by atoms with Crippen molar-refractivity contribution in [3.63, 3.8) is 0 Å². The highest BCUT2D eigenvalue weighted by atomic mass is 32.1. The van der Waals surface area contributed by atoms with E-state index in [2.05, 4.69) is 27.8 Å². The van der Waals surface area contributed by atoms with E-state index in [1.165, 1.54) is 35.5 Å². The fourth-order valence-corrected chi connectivity index (χ4v) is 3.52. The van der Waals surface area contributed by atoms with Gasteiger partial charge in [0, 0.05) is 6.42 Å². The molecular weight excluding hydrogens is 268 g/mol. The van der Waals surface area contributed by atoms with E-state index < -0.39 is 0 Å². The highest BCUT2D eigenvalue weighted by molar-refractivity contribution is 7.08. The Hall–Kier alpha value is -1.55. The predicted molar refractivity (Wildman–Crippen MR) is 80.5 cm³/mol. The second-order valence-electron chi connectivity index (χ2n) is 5.70. The first kappa shape index (κ1) is 13.4. The van der Waals surface area contributed by atoms with Gasteiger partial charge in [-0.25, -0.2) is 0 Å². The number of rotatable bonds is 4. The van der Waals surface area contributed by atoms with Gasteiger partial charge in [0.15, 0.2) is 5.78 Å². The van der Waals surface area contributed by atoms with Crippen LogP contribution in [-0.4, -0.2) is 15.4 Å². The monoisotopic (exact) mass is 286 g/mol. The maximum atomic E-state index is 12.4. The number of aryl methyl sites for hydroxylation is 2. The van der Waals surface area contributed by atoms with E-state index >= 15 is 0 Å². The van der Waals surface area contributed by atoms with Gasteiger partial charge in [0.2, 0.25) is 0 Å². The summed E-state index contributed by atoms with van der Waals surface area (Å²) >= 11 is 1.22. The van der Waals surface area contributed by atoms with Gasteiger partial charge < -0.3 is 0 Å². The van der Waals surface area contributed by atoms with E-state index in [-0.39, 0.29) is 11.7 Å². The van der Waals surface area contributed by atoms with E-state index in [0.717, 1.165) is 22.6 Å². The van der Waals surface area contributed by atoms with Gasteiger partial charge in [-0.05, 0) is 53.4 Å². The molecule has 104 valence electrons. The lowest BCUT2D eigenvalue weighted by molar-refractivity contribution is 0.0995. The van der Waals surface area contributed by atoms with Crippen molar-refractivity contribution < 1.29 is 4.79 Å². The first-order chi connectivity index (χ1) is 9.65. The van der Waals surface area contributed by atoms with Gasteiger partial charge in [0.25, 0.3) is 0 Å². The van der Waals surface area contributed by atoms with Gasteiger partial charge in [0.1, 0.15) is 4.88 Å². The molecule has 0 spiro atoms. The Kier molecular flexibility index (Phi) is 3.66. The van der Waals surface area contributed by atoms with Crippen molar-refractivity contribution in [2.24, 2.45) is 0 Å². The molecule has 20 heavy (non-hydrogen) atoms. The highest BCUT2D eigenvalue weighted by Gasteiger charge is 2.19. The van der Waals surface area contributed by atoms with Crippen LogP contribution in [0, 0.1) is 0 Å². The summed E-state index contributed by atoms with van der Waals surface area (Å²) in [4.78, 5) is 13.2. The van der Waals surface area contributed by atoms with E-state index in [9.17, 15) is 4.79 Å². The third kappa shape index (κ3) is 2.52. The van der Waals surface area contributed by atoms with Gasteiger partial charge in [0.05, 0.1) is 5.69 Å². The van der Waals surface area contributed by atoms with Crippen LogP contribution in [0.1, 0.15) is 58.2 Å². The smallest absolute Gasteiger partial charge is 0.180 e. The molecule has 0 bridgehead atoms. The fraction of sp³-hybridized carbons (Fsp3) is 0.438. The molecule has 0 saturated carbocycles. The minimum absolute atomic E-state index is 0.140. The van der Waals surface area contributed by atoms with Crippen LogP contribution < -0.4 is 0 Å². The van der Waals surface area contributed by atoms with Crippen LogP contribution in [0.2, 0.25) is 0 Å². The minimum atomic E-state index is 0.140. The van der Waals surface area contributed by atoms with E-state index in [4.69, 9.17) is 0 Å². The van der Waals surface area contributed by atoms with Crippen molar-refractivity contribution in [1.29, 1.82) is 0 Å². The third-order valence-electron chi connectivity index (χ3n) is 3.84. The lowest BCUT2D eigenvalue weighted by Gasteiger charge is -2.05. The molecule has 3 nitrogen and oxygen atoms in total. The lowest BCUT2D eigenvalue weighted by atomic mass is 10.0. The molecule has 3 rings (SSSR count). The second-order valence-corrected chi connectivity index (χ2v) is 6.45. The predicted octanol–water partition coefficient (Wildman–Crippen LogP) is 3.58. The summed E-state index contributed by atoms with van der Waals surface area (Å²) in [7, 11) is 0. The third-order valence-corrected chi connectivity index (χ3v) is 4.62. The summed E-state index contributed by atoms with van der Waals surface area (Å²) in [6.45, 7) is 4.09. The Morgan fingerprint density at radius 1 is 1.30 bits per heavy atom. The van der Waals surface area contributed by atoms with Crippen LogP contribution in [0.4, 0.5) is 0 Å². The normalized spacial score (nSPS) is 13.8. The molecule has 0 saturated heterocycles. The zero-order valence-corrected chi connectivity index (χ0v) is 12.7. The Labute approximate surface area is 123 Å². The fourth-order valence-electron chi connectivity index (χ4n) is 2.77. The van der Waals surface area contributed by atoms with Crippen LogP contribution in [-0.2, 0) is 19.3 Å².